The Hall–Kier alpha value is -8.88. The quantitative estimate of drug-likeness (QED) is 0.104. The molecular formula is C85H74F6I2N8. The third-order valence-corrected chi connectivity index (χ3v) is 25.1. The van der Waals surface area contributed by atoms with E-state index < -0.39 is 28.9 Å². The summed E-state index contributed by atoms with van der Waals surface area (Å²) in [5.74, 6) is 0. The molecule has 4 aromatic carbocycles. The third kappa shape index (κ3) is 10.1. The SMILES string of the molecule is CC1=C(C)c2nc1cc1[nH]c(c(C)c1C)c(-c1ccc3c(c1)C(C)(C)c1cc(-c4c5nc(cc6[nH]c(c(C)c6C)c(I)c6nc(c(-c7ccccc7C(F)(F)F)c7[nH]c4c(C)c7C)C(C)=C6C)C(C)=C5C)ccc1-3)c1nc(c(-c3ccccc3C(F)(F)F)c3[nH]c(c(C)c3C)c2I)C(C)=C1C. The summed E-state index contributed by atoms with van der Waals surface area (Å²) in [6.45, 7) is 37.1. The third-order valence-electron chi connectivity index (χ3n) is 23.0. The van der Waals surface area contributed by atoms with Crippen molar-refractivity contribution in [2.45, 2.75) is 142 Å². The van der Waals surface area contributed by atoms with Crippen LogP contribution < -0.4 is 0 Å². The zero-order chi connectivity index (χ0) is 72.2. The van der Waals surface area contributed by atoms with E-state index in [4.69, 9.17) is 19.9 Å². The number of benzene rings is 4. The Morgan fingerprint density at radius 3 is 1.09 bits per heavy atom. The predicted molar refractivity (Wildman–Crippen MR) is 421 cm³/mol. The maximum absolute atomic E-state index is 15.6. The summed E-state index contributed by atoms with van der Waals surface area (Å²) < 4.78 is 95.3. The molecule has 510 valence electrons. The van der Waals surface area contributed by atoms with E-state index in [0.717, 1.165) is 209 Å². The molecule has 0 radical (unpaired) electrons. The molecule has 6 aromatic heterocycles. The second-order valence-corrected chi connectivity index (χ2v) is 30.7. The first-order valence-electron chi connectivity index (χ1n) is 33.8. The Balaban J connectivity index is 1.01. The molecule has 0 spiro atoms. The first kappa shape index (κ1) is 67.9. The highest BCUT2D eigenvalue weighted by Crippen LogP contribution is 2.55. The van der Waals surface area contributed by atoms with Crippen LogP contribution in [0.5, 0.6) is 0 Å². The molecule has 5 aliphatic rings. The molecule has 0 atom stereocenters. The fraction of sp³-hybridized carbons (Fsp3) is 0.247. The number of H-pyrrole nitrogens is 4. The molecule has 0 amide bonds. The Morgan fingerprint density at radius 1 is 0.317 bits per heavy atom. The van der Waals surface area contributed by atoms with Gasteiger partial charge in [-0.3, -0.25) is 0 Å². The Morgan fingerprint density at radius 2 is 0.624 bits per heavy atom. The topological polar surface area (TPSA) is 115 Å². The monoisotopic (exact) mass is 1570 g/mol. The second kappa shape index (κ2) is 23.6. The number of hydrogen-bond donors (Lipinski definition) is 4. The zero-order valence-electron chi connectivity index (χ0n) is 59.6. The van der Waals surface area contributed by atoms with Gasteiger partial charge < -0.3 is 19.9 Å². The van der Waals surface area contributed by atoms with E-state index in [9.17, 15) is 0 Å². The van der Waals surface area contributed by atoms with E-state index in [-0.39, 0.29) is 11.1 Å². The summed E-state index contributed by atoms with van der Waals surface area (Å²) in [5, 5.41) is 0. The maximum atomic E-state index is 15.6. The van der Waals surface area contributed by atoms with E-state index in [1.165, 1.54) is 12.1 Å². The number of hydrogen-bond acceptors (Lipinski definition) is 4. The molecule has 101 heavy (non-hydrogen) atoms. The summed E-state index contributed by atoms with van der Waals surface area (Å²) in [5.41, 5.74) is 32.1. The van der Waals surface area contributed by atoms with Gasteiger partial charge in [0.2, 0.25) is 0 Å². The molecule has 15 rings (SSSR count). The Bertz CT molecular complexity index is 5880. The van der Waals surface area contributed by atoms with Crippen molar-refractivity contribution in [3.05, 3.63) is 217 Å². The minimum Gasteiger partial charge on any atom is -0.354 e. The second-order valence-electron chi connectivity index (χ2n) is 28.5. The van der Waals surface area contributed by atoms with Gasteiger partial charge in [0, 0.05) is 38.7 Å². The average molecular weight is 1580 g/mol. The first-order chi connectivity index (χ1) is 47.6. The minimum atomic E-state index is -4.69. The number of halogens is 8. The lowest BCUT2D eigenvalue weighted by atomic mass is 9.80. The van der Waals surface area contributed by atoms with Crippen molar-refractivity contribution in [1.29, 1.82) is 0 Å². The van der Waals surface area contributed by atoms with Crippen molar-refractivity contribution in [3.8, 4) is 55.6 Å². The highest BCUT2D eigenvalue weighted by molar-refractivity contribution is 14.1. The van der Waals surface area contributed by atoms with Crippen LogP contribution >= 0.6 is 45.2 Å². The van der Waals surface area contributed by atoms with Crippen LogP contribution in [0, 0.1) is 62.5 Å². The average Bonchev–Trinajstić information content (AvgIpc) is 1.58. The van der Waals surface area contributed by atoms with Crippen LogP contribution in [0.4, 0.5) is 26.3 Å². The van der Waals surface area contributed by atoms with Crippen molar-refractivity contribution >= 4 is 134 Å². The Kier molecular flexibility index (Phi) is 15.9. The van der Waals surface area contributed by atoms with Crippen molar-refractivity contribution in [2.24, 2.45) is 0 Å². The van der Waals surface area contributed by atoms with Crippen LogP contribution in [0.2, 0.25) is 0 Å². The van der Waals surface area contributed by atoms with E-state index in [1.807, 2.05) is 55.4 Å². The number of alkyl halides is 6. The summed E-state index contributed by atoms with van der Waals surface area (Å²) in [6.07, 6.45) is -9.38. The molecule has 10 aromatic rings. The summed E-state index contributed by atoms with van der Waals surface area (Å²) in [6, 6.07) is 29.1. The lowest BCUT2D eigenvalue weighted by Gasteiger charge is -2.23. The molecule has 0 fully saturated rings. The van der Waals surface area contributed by atoms with Gasteiger partial charge in [0.05, 0.1) is 96.9 Å². The zero-order valence-corrected chi connectivity index (χ0v) is 63.9. The van der Waals surface area contributed by atoms with Crippen molar-refractivity contribution in [1.82, 2.24) is 39.9 Å². The van der Waals surface area contributed by atoms with Crippen LogP contribution in [0.1, 0.15) is 182 Å². The van der Waals surface area contributed by atoms with Gasteiger partial charge in [0.1, 0.15) is 0 Å². The number of nitrogens with zero attached hydrogens (tertiary/aromatic N) is 4. The molecule has 16 heteroatoms. The summed E-state index contributed by atoms with van der Waals surface area (Å²) in [7, 11) is 0. The number of aromatic nitrogens is 8. The van der Waals surface area contributed by atoms with Gasteiger partial charge in [0.15, 0.2) is 0 Å². The van der Waals surface area contributed by atoms with Crippen molar-refractivity contribution < 1.29 is 26.3 Å². The van der Waals surface area contributed by atoms with Gasteiger partial charge in [-0.1, -0.05) is 74.5 Å². The molecule has 1 aliphatic carbocycles. The fourth-order valence-electron chi connectivity index (χ4n) is 15.8. The standard InChI is InChI=1S/C85H74F6I2N8/c1-35-39(5)71-65(73-43(9)45(11)75(98-73)67(55-23-19-21-25-57(55)84(86,87)88)77-47(13)49(15)81(100-77)69(92)79-41(7)37(3)63(96-79)33-61(35)94-71)51-27-29-53-54-30-28-52(32-60(54)83(17,18)59(53)31-51)66-72-40(6)36(2)62(95-72)34-64-38(4)42(8)80(97-64)70(93)82-50(16)48(14)78(101-82)68(76-46(12)44(10)74(66)99-76)56-24-20-22-26-58(56)85(89,90)91/h19-34,94,97,99-100H,1-18H3. The lowest BCUT2D eigenvalue weighted by Crippen LogP contribution is -2.15. The van der Waals surface area contributed by atoms with Crippen LogP contribution in [0.25, 0.3) is 144 Å². The molecule has 4 aliphatic heterocycles. The predicted octanol–water partition coefficient (Wildman–Crippen LogP) is 25.4. The molecule has 0 saturated heterocycles. The van der Waals surface area contributed by atoms with Crippen molar-refractivity contribution in [3.63, 3.8) is 0 Å². The van der Waals surface area contributed by atoms with Gasteiger partial charge in [0.25, 0.3) is 0 Å². The number of nitrogens with one attached hydrogen (secondary N) is 4. The minimum absolute atomic E-state index is 0.0184. The molecule has 0 saturated carbocycles. The van der Waals surface area contributed by atoms with E-state index >= 15 is 26.3 Å². The van der Waals surface area contributed by atoms with Crippen LogP contribution in [0.15, 0.2) is 97.1 Å². The number of allylic oxidation sites excluding steroid dienone is 8. The van der Waals surface area contributed by atoms with E-state index in [1.54, 1.807) is 24.3 Å². The Labute approximate surface area is 610 Å². The number of fused-ring (bicyclic) bond motifs is 19. The fourth-order valence-corrected chi connectivity index (χ4v) is 17.9. The molecule has 4 N–H and O–H groups in total. The molecule has 0 unspecified atom stereocenters. The highest BCUT2D eigenvalue weighted by Gasteiger charge is 2.40. The number of aryl methyl sites for hydroxylation is 8. The molecular weight excluding hydrogens is 1500 g/mol. The van der Waals surface area contributed by atoms with Gasteiger partial charge in [-0.05, 0) is 326 Å². The van der Waals surface area contributed by atoms with Crippen LogP contribution in [0.3, 0.4) is 0 Å². The summed E-state index contributed by atoms with van der Waals surface area (Å²) in [4.78, 5) is 37.1. The van der Waals surface area contributed by atoms with Crippen molar-refractivity contribution in [2.75, 3.05) is 0 Å². The van der Waals surface area contributed by atoms with Gasteiger partial charge in [-0.15, -0.1) is 0 Å². The number of rotatable bonds is 4. The first-order valence-corrected chi connectivity index (χ1v) is 36.0. The van der Waals surface area contributed by atoms with Gasteiger partial charge >= 0.3 is 12.4 Å². The largest absolute Gasteiger partial charge is 0.417 e. The molecule has 10 heterocycles. The normalized spacial score (nSPS) is 14.6. The van der Waals surface area contributed by atoms with E-state index in [0.29, 0.717) is 44.9 Å². The number of aromatic amines is 4. The summed E-state index contributed by atoms with van der Waals surface area (Å²) >= 11 is 4.67. The van der Waals surface area contributed by atoms with Crippen LogP contribution in [-0.4, -0.2) is 39.9 Å². The lowest BCUT2D eigenvalue weighted by molar-refractivity contribution is -0.137. The highest BCUT2D eigenvalue weighted by atomic mass is 127. The van der Waals surface area contributed by atoms with E-state index in [2.05, 4.69) is 183 Å². The maximum Gasteiger partial charge on any atom is 0.417 e. The van der Waals surface area contributed by atoms with Crippen LogP contribution in [-0.2, 0) is 17.8 Å². The van der Waals surface area contributed by atoms with Gasteiger partial charge in [-0.2, -0.15) is 26.3 Å². The smallest absolute Gasteiger partial charge is 0.354 e. The van der Waals surface area contributed by atoms with Gasteiger partial charge in [-0.25, -0.2) is 19.9 Å². The molecule has 16 bridgehead atoms. The molecule has 8 nitrogen and oxygen atoms in total.